The van der Waals surface area contributed by atoms with Crippen LogP contribution in [0, 0.1) is 5.92 Å². The first kappa shape index (κ1) is 14.0. The van der Waals surface area contributed by atoms with Gasteiger partial charge in [0.1, 0.15) is 0 Å². The van der Waals surface area contributed by atoms with E-state index in [9.17, 15) is 0 Å². The fraction of sp³-hybridized carbons (Fsp3) is 1.00. The van der Waals surface area contributed by atoms with Gasteiger partial charge < -0.3 is 10.2 Å². The van der Waals surface area contributed by atoms with Crippen LogP contribution in [0.15, 0.2) is 0 Å². The van der Waals surface area contributed by atoms with E-state index in [1.807, 2.05) is 0 Å². The lowest BCUT2D eigenvalue weighted by atomic mass is 10.0. The van der Waals surface area contributed by atoms with E-state index in [1.54, 1.807) is 0 Å². The molecule has 0 atom stereocenters. The van der Waals surface area contributed by atoms with Crippen LogP contribution < -0.4 is 5.32 Å². The zero-order chi connectivity index (χ0) is 11.8. The molecule has 0 bridgehead atoms. The van der Waals surface area contributed by atoms with Crippen LogP contribution >= 0.6 is 0 Å². The van der Waals surface area contributed by atoms with Crippen molar-refractivity contribution in [3.8, 4) is 0 Å². The van der Waals surface area contributed by atoms with Crippen LogP contribution in [0.5, 0.6) is 0 Å². The van der Waals surface area contributed by atoms with E-state index in [0.717, 1.165) is 12.0 Å². The number of nitrogens with zero attached hydrogens (tertiary/aromatic N) is 1. The van der Waals surface area contributed by atoms with E-state index in [0.29, 0.717) is 0 Å². The molecule has 96 valence electrons. The molecule has 16 heavy (non-hydrogen) atoms. The van der Waals surface area contributed by atoms with E-state index >= 15 is 0 Å². The number of nitrogens with one attached hydrogen (secondary N) is 1. The quantitative estimate of drug-likeness (QED) is 0.672. The van der Waals surface area contributed by atoms with Crippen molar-refractivity contribution in [3.05, 3.63) is 0 Å². The van der Waals surface area contributed by atoms with E-state index in [2.05, 4.69) is 31.0 Å². The topological polar surface area (TPSA) is 15.3 Å². The van der Waals surface area contributed by atoms with Gasteiger partial charge in [-0.2, -0.15) is 0 Å². The fourth-order valence-corrected chi connectivity index (χ4v) is 2.49. The molecular weight excluding hydrogens is 196 g/mol. The first-order valence-electron chi connectivity index (χ1n) is 7.18. The van der Waals surface area contributed by atoms with Crippen molar-refractivity contribution in [2.24, 2.45) is 5.92 Å². The molecule has 1 rings (SSSR count). The molecule has 0 aromatic rings. The van der Waals surface area contributed by atoms with Gasteiger partial charge in [0.15, 0.2) is 0 Å². The largest absolute Gasteiger partial charge is 0.314 e. The van der Waals surface area contributed by atoms with Gasteiger partial charge in [0.05, 0.1) is 0 Å². The third-order valence-corrected chi connectivity index (χ3v) is 3.52. The van der Waals surface area contributed by atoms with Crippen LogP contribution in [0.25, 0.3) is 0 Å². The van der Waals surface area contributed by atoms with Crippen molar-refractivity contribution in [2.75, 3.05) is 26.2 Å². The van der Waals surface area contributed by atoms with Crippen LogP contribution in [0.2, 0.25) is 0 Å². The Morgan fingerprint density at radius 2 is 1.94 bits per heavy atom. The Labute approximate surface area is 102 Å². The second kappa shape index (κ2) is 8.08. The monoisotopic (exact) mass is 226 g/mol. The molecule has 1 aliphatic rings. The molecule has 2 nitrogen and oxygen atoms in total. The average Bonchev–Trinajstić information content (AvgIpc) is 2.27. The Kier molecular flexibility index (Phi) is 7.06. The van der Waals surface area contributed by atoms with Crippen molar-refractivity contribution in [3.63, 3.8) is 0 Å². The van der Waals surface area contributed by atoms with Gasteiger partial charge in [-0.25, -0.2) is 0 Å². The van der Waals surface area contributed by atoms with Gasteiger partial charge in [0.25, 0.3) is 0 Å². The maximum atomic E-state index is 3.71. The molecular formula is C14H30N2. The van der Waals surface area contributed by atoms with Crippen LogP contribution in [0.3, 0.4) is 0 Å². The Bertz CT molecular complexity index is 160. The summed E-state index contributed by atoms with van der Waals surface area (Å²) in [4.78, 5) is 2.60. The summed E-state index contributed by atoms with van der Waals surface area (Å²) in [6.45, 7) is 12.0. The number of piperidine rings is 1. The standard InChI is InChI=1S/C14H30N2/c1-4-10-16-11-7-14(8-12-16)15-9-5-6-13(2)3/h13-15H,4-12H2,1-3H3. The average molecular weight is 226 g/mol. The molecule has 0 radical (unpaired) electrons. The number of likely N-dealkylation sites (tertiary alicyclic amines) is 1. The Balaban J connectivity index is 1.99. The molecule has 0 spiro atoms. The number of rotatable bonds is 7. The van der Waals surface area contributed by atoms with Gasteiger partial charge in [-0.1, -0.05) is 20.8 Å². The highest BCUT2D eigenvalue weighted by atomic mass is 15.1. The summed E-state index contributed by atoms with van der Waals surface area (Å²) in [6, 6.07) is 0.792. The fourth-order valence-electron chi connectivity index (χ4n) is 2.49. The van der Waals surface area contributed by atoms with Crippen LogP contribution in [0.1, 0.15) is 52.9 Å². The predicted octanol–water partition coefficient (Wildman–Crippen LogP) is 2.89. The third-order valence-electron chi connectivity index (χ3n) is 3.52. The van der Waals surface area contributed by atoms with Gasteiger partial charge in [-0.15, -0.1) is 0 Å². The highest BCUT2D eigenvalue weighted by molar-refractivity contribution is 4.76. The predicted molar refractivity (Wildman–Crippen MR) is 71.8 cm³/mol. The second-order valence-electron chi connectivity index (χ2n) is 5.61. The van der Waals surface area contributed by atoms with E-state index < -0.39 is 0 Å². The second-order valence-corrected chi connectivity index (χ2v) is 5.61. The lowest BCUT2D eigenvalue weighted by molar-refractivity contribution is 0.198. The summed E-state index contributed by atoms with van der Waals surface area (Å²) < 4.78 is 0. The molecule has 1 aliphatic heterocycles. The highest BCUT2D eigenvalue weighted by Gasteiger charge is 2.17. The Hall–Kier alpha value is -0.0800. The van der Waals surface area contributed by atoms with Crippen molar-refractivity contribution >= 4 is 0 Å². The van der Waals surface area contributed by atoms with Crippen molar-refractivity contribution in [1.29, 1.82) is 0 Å². The van der Waals surface area contributed by atoms with E-state index in [4.69, 9.17) is 0 Å². The molecule has 1 N–H and O–H groups in total. The summed E-state index contributed by atoms with van der Waals surface area (Å²) in [5, 5.41) is 3.71. The first-order valence-corrected chi connectivity index (χ1v) is 7.18. The zero-order valence-electron chi connectivity index (χ0n) is 11.5. The molecule has 0 aliphatic carbocycles. The Morgan fingerprint density at radius 1 is 1.25 bits per heavy atom. The number of hydrogen-bond acceptors (Lipinski definition) is 2. The molecule has 1 fully saturated rings. The molecule has 0 aromatic heterocycles. The molecule has 2 heteroatoms. The molecule has 0 unspecified atom stereocenters. The molecule has 0 saturated carbocycles. The Morgan fingerprint density at radius 3 is 2.50 bits per heavy atom. The van der Waals surface area contributed by atoms with Gasteiger partial charge >= 0.3 is 0 Å². The minimum absolute atomic E-state index is 0.792. The first-order chi connectivity index (χ1) is 7.72. The highest BCUT2D eigenvalue weighted by Crippen LogP contribution is 2.11. The lowest BCUT2D eigenvalue weighted by Gasteiger charge is -2.32. The van der Waals surface area contributed by atoms with Gasteiger partial charge in [-0.3, -0.25) is 0 Å². The van der Waals surface area contributed by atoms with Crippen LogP contribution in [-0.4, -0.2) is 37.1 Å². The zero-order valence-corrected chi connectivity index (χ0v) is 11.5. The summed E-state index contributed by atoms with van der Waals surface area (Å²) in [5.74, 6) is 0.855. The van der Waals surface area contributed by atoms with Crippen LogP contribution in [-0.2, 0) is 0 Å². The van der Waals surface area contributed by atoms with Crippen LogP contribution in [0.4, 0.5) is 0 Å². The SMILES string of the molecule is CCCN1CCC(NCCCC(C)C)CC1. The number of hydrogen-bond donors (Lipinski definition) is 1. The van der Waals surface area contributed by atoms with E-state index in [1.165, 1.54) is 58.3 Å². The van der Waals surface area contributed by atoms with Gasteiger partial charge in [0.2, 0.25) is 0 Å². The lowest BCUT2D eigenvalue weighted by Crippen LogP contribution is -2.42. The maximum Gasteiger partial charge on any atom is 0.00914 e. The van der Waals surface area contributed by atoms with Crippen molar-refractivity contribution < 1.29 is 0 Å². The normalized spacial score (nSPS) is 19.5. The summed E-state index contributed by atoms with van der Waals surface area (Å²) in [6.07, 6.45) is 6.70. The summed E-state index contributed by atoms with van der Waals surface area (Å²) in [7, 11) is 0. The van der Waals surface area contributed by atoms with Crippen molar-refractivity contribution in [2.45, 2.75) is 58.9 Å². The maximum absolute atomic E-state index is 3.71. The summed E-state index contributed by atoms with van der Waals surface area (Å²) >= 11 is 0. The van der Waals surface area contributed by atoms with Gasteiger partial charge in [0, 0.05) is 6.04 Å². The van der Waals surface area contributed by atoms with Crippen molar-refractivity contribution in [1.82, 2.24) is 10.2 Å². The summed E-state index contributed by atoms with van der Waals surface area (Å²) in [5.41, 5.74) is 0. The molecule has 1 saturated heterocycles. The molecule has 0 amide bonds. The van der Waals surface area contributed by atoms with Gasteiger partial charge in [-0.05, 0) is 64.2 Å². The minimum Gasteiger partial charge on any atom is -0.314 e. The smallest absolute Gasteiger partial charge is 0.00914 e. The van der Waals surface area contributed by atoms with E-state index in [-0.39, 0.29) is 0 Å². The molecule has 0 aromatic carbocycles. The minimum atomic E-state index is 0.792. The third kappa shape index (κ3) is 5.86. The molecule has 1 heterocycles.